The van der Waals surface area contributed by atoms with E-state index in [9.17, 15) is 8.42 Å². The molecule has 90 valence electrons. The van der Waals surface area contributed by atoms with Gasteiger partial charge in [0, 0.05) is 19.1 Å². The van der Waals surface area contributed by atoms with Crippen molar-refractivity contribution in [3.63, 3.8) is 0 Å². The van der Waals surface area contributed by atoms with Gasteiger partial charge in [-0.3, -0.25) is 0 Å². The zero-order valence-electron chi connectivity index (χ0n) is 9.86. The fraction of sp³-hybridized carbons (Fsp3) is 1.00. The normalized spacial score (nSPS) is 24.7. The van der Waals surface area contributed by atoms with Crippen molar-refractivity contribution < 1.29 is 8.42 Å². The van der Waals surface area contributed by atoms with Crippen LogP contribution in [-0.4, -0.2) is 44.7 Å². The first-order valence-corrected chi connectivity index (χ1v) is 7.43. The quantitative estimate of drug-likeness (QED) is 0.777. The van der Waals surface area contributed by atoms with E-state index in [1.165, 1.54) is 6.26 Å². The van der Waals surface area contributed by atoms with E-state index in [4.69, 9.17) is 0 Å². The lowest BCUT2D eigenvalue weighted by Crippen LogP contribution is -2.43. The average molecular weight is 234 g/mol. The Morgan fingerprint density at radius 2 is 2.13 bits per heavy atom. The number of nitrogens with zero attached hydrogens (tertiary/aromatic N) is 1. The number of rotatable bonds is 4. The van der Waals surface area contributed by atoms with E-state index in [1.807, 2.05) is 0 Å². The number of piperidine rings is 1. The molecule has 0 saturated carbocycles. The summed E-state index contributed by atoms with van der Waals surface area (Å²) in [5, 5.41) is 3.37. The van der Waals surface area contributed by atoms with Crippen LogP contribution in [0.4, 0.5) is 0 Å². The van der Waals surface area contributed by atoms with Gasteiger partial charge < -0.3 is 5.32 Å². The Bertz CT molecular complexity index is 288. The van der Waals surface area contributed by atoms with Gasteiger partial charge in [-0.05, 0) is 25.3 Å². The summed E-state index contributed by atoms with van der Waals surface area (Å²) < 4.78 is 24.4. The fourth-order valence-electron chi connectivity index (χ4n) is 1.90. The van der Waals surface area contributed by atoms with Gasteiger partial charge in [0.25, 0.3) is 0 Å². The van der Waals surface area contributed by atoms with E-state index in [1.54, 1.807) is 4.31 Å². The maximum Gasteiger partial charge on any atom is 0.211 e. The Labute approximate surface area is 93.1 Å². The first kappa shape index (κ1) is 12.9. The molecule has 4 nitrogen and oxygen atoms in total. The zero-order chi connectivity index (χ0) is 11.5. The third kappa shape index (κ3) is 4.49. The van der Waals surface area contributed by atoms with Gasteiger partial charge >= 0.3 is 0 Å². The Kier molecular flexibility index (Phi) is 4.55. The van der Waals surface area contributed by atoms with Gasteiger partial charge in [0.05, 0.1) is 6.26 Å². The highest BCUT2D eigenvalue weighted by atomic mass is 32.2. The lowest BCUT2D eigenvalue weighted by molar-refractivity contribution is 0.258. The number of sulfonamides is 1. The molecule has 1 fully saturated rings. The molecule has 1 unspecified atom stereocenters. The second-order valence-electron chi connectivity index (χ2n) is 4.69. The Morgan fingerprint density at radius 3 is 2.67 bits per heavy atom. The van der Waals surface area contributed by atoms with Crippen LogP contribution in [0.3, 0.4) is 0 Å². The van der Waals surface area contributed by atoms with E-state index in [0.717, 1.165) is 19.4 Å². The molecule has 0 spiro atoms. The molecule has 15 heavy (non-hydrogen) atoms. The molecule has 1 saturated heterocycles. The average Bonchev–Trinajstić information content (AvgIpc) is 2.14. The van der Waals surface area contributed by atoms with Gasteiger partial charge in [0.15, 0.2) is 0 Å². The molecule has 0 bridgehead atoms. The minimum absolute atomic E-state index is 0.468. The molecule has 1 aliphatic heterocycles. The van der Waals surface area contributed by atoms with E-state index < -0.39 is 10.0 Å². The summed E-state index contributed by atoms with van der Waals surface area (Å²) in [4.78, 5) is 0. The van der Waals surface area contributed by atoms with Gasteiger partial charge in [-0.1, -0.05) is 13.8 Å². The number of nitrogens with one attached hydrogen (secondary N) is 1. The van der Waals surface area contributed by atoms with Gasteiger partial charge in [0.2, 0.25) is 10.0 Å². The molecule has 1 rings (SSSR count). The molecule has 5 heteroatoms. The molecule has 0 radical (unpaired) electrons. The molecule has 1 atom stereocenters. The Morgan fingerprint density at radius 1 is 1.47 bits per heavy atom. The van der Waals surface area contributed by atoms with Crippen LogP contribution >= 0.6 is 0 Å². The maximum absolute atomic E-state index is 11.4. The number of hydrogen-bond donors (Lipinski definition) is 1. The summed E-state index contributed by atoms with van der Waals surface area (Å²) in [6, 6.07) is 0.471. The van der Waals surface area contributed by atoms with Crippen molar-refractivity contribution in [2.24, 2.45) is 5.92 Å². The largest absolute Gasteiger partial charge is 0.314 e. The SMILES string of the molecule is CC(C)NCC1CCCN(S(C)(=O)=O)C1. The molecular formula is C10H22N2O2S. The second kappa shape index (κ2) is 5.27. The third-order valence-electron chi connectivity index (χ3n) is 2.77. The monoisotopic (exact) mass is 234 g/mol. The van der Waals surface area contributed by atoms with Crippen LogP contribution in [0.25, 0.3) is 0 Å². The number of hydrogen-bond acceptors (Lipinski definition) is 3. The summed E-state index contributed by atoms with van der Waals surface area (Å²) in [7, 11) is -2.99. The first-order valence-electron chi connectivity index (χ1n) is 5.58. The summed E-state index contributed by atoms with van der Waals surface area (Å²) in [6.45, 7) is 6.51. The van der Waals surface area contributed by atoms with Crippen LogP contribution in [0.15, 0.2) is 0 Å². The third-order valence-corrected chi connectivity index (χ3v) is 4.04. The topological polar surface area (TPSA) is 49.4 Å². The molecule has 0 aromatic carbocycles. The fourth-order valence-corrected chi connectivity index (χ4v) is 2.84. The first-order chi connectivity index (χ1) is 6.89. The van der Waals surface area contributed by atoms with Crippen LogP contribution in [0.1, 0.15) is 26.7 Å². The van der Waals surface area contributed by atoms with Crippen molar-refractivity contribution in [3.8, 4) is 0 Å². The van der Waals surface area contributed by atoms with Crippen molar-refractivity contribution in [2.75, 3.05) is 25.9 Å². The highest BCUT2D eigenvalue weighted by Gasteiger charge is 2.25. The predicted octanol–water partition coefficient (Wildman–Crippen LogP) is 0.656. The summed E-state index contributed by atoms with van der Waals surface area (Å²) in [5.74, 6) is 0.468. The van der Waals surface area contributed by atoms with Gasteiger partial charge in [-0.25, -0.2) is 12.7 Å². The lowest BCUT2D eigenvalue weighted by atomic mass is 9.99. The van der Waals surface area contributed by atoms with E-state index in [2.05, 4.69) is 19.2 Å². The second-order valence-corrected chi connectivity index (χ2v) is 6.67. The van der Waals surface area contributed by atoms with E-state index >= 15 is 0 Å². The lowest BCUT2D eigenvalue weighted by Gasteiger charge is -2.31. The van der Waals surface area contributed by atoms with Gasteiger partial charge in [-0.15, -0.1) is 0 Å². The molecule has 0 aliphatic carbocycles. The smallest absolute Gasteiger partial charge is 0.211 e. The van der Waals surface area contributed by atoms with Crippen LogP contribution in [0.5, 0.6) is 0 Å². The summed E-state index contributed by atoms with van der Waals surface area (Å²) in [6.07, 6.45) is 3.41. The van der Waals surface area contributed by atoms with Crippen molar-refractivity contribution in [2.45, 2.75) is 32.7 Å². The van der Waals surface area contributed by atoms with Crippen LogP contribution in [-0.2, 0) is 10.0 Å². The van der Waals surface area contributed by atoms with E-state index in [0.29, 0.717) is 25.0 Å². The molecule has 0 aromatic heterocycles. The molecular weight excluding hydrogens is 212 g/mol. The molecule has 0 aromatic rings. The van der Waals surface area contributed by atoms with Gasteiger partial charge in [0.1, 0.15) is 0 Å². The molecule has 0 amide bonds. The highest BCUT2D eigenvalue weighted by Crippen LogP contribution is 2.17. The maximum atomic E-state index is 11.4. The zero-order valence-corrected chi connectivity index (χ0v) is 10.7. The Hall–Kier alpha value is -0.130. The molecule has 1 aliphatic rings. The van der Waals surface area contributed by atoms with E-state index in [-0.39, 0.29) is 0 Å². The van der Waals surface area contributed by atoms with Crippen LogP contribution < -0.4 is 5.32 Å². The summed E-state index contributed by atoms with van der Waals surface area (Å²) in [5.41, 5.74) is 0. The van der Waals surface area contributed by atoms with Crippen molar-refractivity contribution in [1.82, 2.24) is 9.62 Å². The Balaban J connectivity index is 2.43. The minimum atomic E-state index is -2.99. The molecule has 1 heterocycles. The summed E-state index contributed by atoms with van der Waals surface area (Å²) >= 11 is 0. The van der Waals surface area contributed by atoms with Crippen molar-refractivity contribution in [3.05, 3.63) is 0 Å². The molecule has 1 N–H and O–H groups in total. The minimum Gasteiger partial charge on any atom is -0.314 e. The van der Waals surface area contributed by atoms with Gasteiger partial charge in [-0.2, -0.15) is 0 Å². The van der Waals surface area contributed by atoms with Crippen LogP contribution in [0, 0.1) is 5.92 Å². The van der Waals surface area contributed by atoms with Crippen molar-refractivity contribution in [1.29, 1.82) is 0 Å². The predicted molar refractivity (Wildman–Crippen MR) is 62.3 cm³/mol. The van der Waals surface area contributed by atoms with Crippen molar-refractivity contribution >= 4 is 10.0 Å². The van der Waals surface area contributed by atoms with Crippen LogP contribution in [0.2, 0.25) is 0 Å². The standard InChI is InChI=1S/C10H22N2O2S/c1-9(2)11-7-10-5-4-6-12(8-10)15(3,13)14/h9-11H,4-8H2,1-3H3. The highest BCUT2D eigenvalue weighted by molar-refractivity contribution is 7.88.